The molecule has 0 aromatic heterocycles. The number of nitrogens with zero attached hydrogens (tertiary/aromatic N) is 1. The highest BCUT2D eigenvalue weighted by Gasteiger charge is 2.34. The van der Waals surface area contributed by atoms with E-state index in [1.54, 1.807) is 31.4 Å². The van der Waals surface area contributed by atoms with Crippen LogP contribution in [0.15, 0.2) is 24.3 Å². The van der Waals surface area contributed by atoms with Crippen LogP contribution in [-0.2, 0) is 9.53 Å². The predicted molar refractivity (Wildman–Crippen MR) is 80.1 cm³/mol. The Bertz CT molecular complexity index is 531. The summed E-state index contributed by atoms with van der Waals surface area (Å²) < 4.78 is 10.5. The van der Waals surface area contributed by atoms with Gasteiger partial charge in [-0.3, -0.25) is 4.79 Å². The van der Waals surface area contributed by atoms with Crippen molar-refractivity contribution in [3.8, 4) is 5.75 Å². The number of ether oxygens (including phenoxy) is 2. The van der Waals surface area contributed by atoms with Gasteiger partial charge in [-0.05, 0) is 31.0 Å². The average molecular weight is 307 g/mol. The maximum absolute atomic E-state index is 12.5. The van der Waals surface area contributed by atoms with Gasteiger partial charge in [0.25, 0.3) is 5.91 Å². The van der Waals surface area contributed by atoms with Gasteiger partial charge in [-0.15, -0.1) is 0 Å². The molecule has 6 nitrogen and oxygen atoms in total. The molecule has 0 radical (unpaired) electrons. The van der Waals surface area contributed by atoms with E-state index in [-0.39, 0.29) is 5.91 Å². The Hall–Kier alpha value is -2.08. The van der Waals surface area contributed by atoms with Crippen molar-refractivity contribution in [2.24, 2.45) is 0 Å². The Morgan fingerprint density at radius 3 is 2.91 bits per heavy atom. The van der Waals surface area contributed by atoms with Crippen molar-refractivity contribution in [2.45, 2.75) is 25.3 Å². The predicted octanol–water partition coefficient (Wildman–Crippen LogP) is 1.79. The van der Waals surface area contributed by atoms with Crippen LogP contribution in [0, 0.1) is 0 Å². The lowest BCUT2D eigenvalue weighted by Crippen LogP contribution is -2.40. The molecule has 2 rings (SSSR count). The largest absolute Gasteiger partial charge is 0.493 e. The fraction of sp³-hybridized carbons (Fsp3) is 0.500. The summed E-state index contributed by atoms with van der Waals surface area (Å²) in [5.41, 5.74) is 0.456. The van der Waals surface area contributed by atoms with Crippen molar-refractivity contribution in [1.29, 1.82) is 0 Å². The van der Waals surface area contributed by atoms with Crippen LogP contribution in [0.1, 0.15) is 29.6 Å². The summed E-state index contributed by atoms with van der Waals surface area (Å²) in [5.74, 6) is -0.599. The van der Waals surface area contributed by atoms with Gasteiger partial charge in [0.05, 0.1) is 6.61 Å². The number of hydrogen-bond acceptors (Lipinski definition) is 4. The Morgan fingerprint density at radius 2 is 2.18 bits per heavy atom. The van der Waals surface area contributed by atoms with Gasteiger partial charge in [-0.25, -0.2) is 4.79 Å². The molecular weight excluding hydrogens is 286 g/mol. The van der Waals surface area contributed by atoms with Gasteiger partial charge in [0, 0.05) is 32.2 Å². The molecule has 1 N–H and O–H groups in total. The zero-order valence-corrected chi connectivity index (χ0v) is 12.7. The molecule has 1 aromatic carbocycles. The van der Waals surface area contributed by atoms with Gasteiger partial charge >= 0.3 is 5.97 Å². The number of carbonyl (C=O) groups is 2. The van der Waals surface area contributed by atoms with Crippen molar-refractivity contribution < 1.29 is 24.2 Å². The highest BCUT2D eigenvalue weighted by Crippen LogP contribution is 2.22. The molecule has 0 saturated carbocycles. The lowest BCUT2D eigenvalue weighted by atomic mass is 10.1. The van der Waals surface area contributed by atoms with E-state index < -0.39 is 12.0 Å². The number of benzene rings is 1. The van der Waals surface area contributed by atoms with Crippen LogP contribution in [0.2, 0.25) is 0 Å². The van der Waals surface area contributed by atoms with E-state index in [2.05, 4.69) is 0 Å². The number of carboxylic acid groups (broad SMARTS) is 1. The second-order valence-corrected chi connectivity index (χ2v) is 5.22. The minimum Gasteiger partial charge on any atom is -0.493 e. The van der Waals surface area contributed by atoms with Crippen molar-refractivity contribution >= 4 is 11.9 Å². The van der Waals surface area contributed by atoms with Crippen LogP contribution in [0.5, 0.6) is 5.75 Å². The first-order valence-electron chi connectivity index (χ1n) is 7.39. The van der Waals surface area contributed by atoms with E-state index in [1.807, 2.05) is 0 Å². The van der Waals surface area contributed by atoms with Crippen LogP contribution in [0.25, 0.3) is 0 Å². The molecule has 0 spiro atoms. The third kappa shape index (κ3) is 3.98. The summed E-state index contributed by atoms with van der Waals surface area (Å²) in [6.07, 6.45) is 1.99. The molecule has 1 aromatic rings. The van der Waals surface area contributed by atoms with Gasteiger partial charge in [-0.1, -0.05) is 6.07 Å². The summed E-state index contributed by atoms with van der Waals surface area (Å²) in [6, 6.07) is 6.14. The van der Waals surface area contributed by atoms with E-state index in [9.17, 15) is 14.7 Å². The molecular formula is C16H21NO5. The highest BCUT2D eigenvalue weighted by atomic mass is 16.5. The molecule has 1 aliphatic rings. The number of amides is 1. The fourth-order valence-electron chi connectivity index (χ4n) is 2.54. The summed E-state index contributed by atoms with van der Waals surface area (Å²) in [4.78, 5) is 25.1. The second-order valence-electron chi connectivity index (χ2n) is 5.22. The SMILES string of the molecule is COCCCOc1cccc(C(=O)N2CCC[C@@H]2C(=O)O)c1. The summed E-state index contributed by atoms with van der Waals surface area (Å²) in [5, 5.41) is 9.17. The van der Waals surface area contributed by atoms with E-state index in [0.29, 0.717) is 37.5 Å². The minimum atomic E-state index is -0.946. The zero-order valence-electron chi connectivity index (χ0n) is 12.7. The average Bonchev–Trinajstić information content (AvgIpc) is 3.01. The molecule has 1 atom stereocenters. The number of carboxylic acids is 1. The second kappa shape index (κ2) is 7.79. The molecule has 1 amide bonds. The van der Waals surface area contributed by atoms with Gasteiger partial charge in [0.1, 0.15) is 11.8 Å². The van der Waals surface area contributed by atoms with Gasteiger partial charge in [0.15, 0.2) is 0 Å². The normalized spacial score (nSPS) is 17.5. The summed E-state index contributed by atoms with van der Waals surface area (Å²) in [6.45, 7) is 1.61. The molecule has 0 aliphatic carbocycles. The third-order valence-electron chi connectivity index (χ3n) is 3.64. The van der Waals surface area contributed by atoms with Crippen LogP contribution >= 0.6 is 0 Å². The summed E-state index contributed by atoms with van der Waals surface area (Å²) in [7, 11) is 1.63. The summed E-state index contributed by atoms with van der Waals surface area (Å²) >= 11 is 0. The Kier molecular flexibility index (Phi) is 5.77. The maximum atomic E-state index is 12.5. The molecule has 1 saturated heterocycles. The Balaban J connectivity index is 2.02. The Morgan fingerprint density at radius 1 is 1.36 bits per heavy atom. The monoisotopic (exact) mass is 307 g/mol. The van der Waals surface area contributed by atoms with E-state index in [4.69, 9.17) is 9.47 Å². The maximum Gasteiger partial charge on any atom is 0.326 e. The zero-order chi connectivity index (χ0) is 15.9. The lowest BCUT2D eigenvalue weighted by molar-refractivity contribution is -0.141. The topological polar surface area (TPSA) is 76.1 Å². The number of methoxy groups -OCH3 is 1. The number of likely N-dealkylation sites (tertiary alicyclic amines) is 1. The molecule has 1 aliphatic heterocycles. The van der Waals surface area contributed by atoms with E-state index in [1.165, 1.54) is 4.90 Å². The van der Waals surface area contributed by atoms with Crippen molar-refractivity contribution in [3.05, 3.63) is 29.8 Å². The van der Waals surface area contributed by atoms with Crippen molar-refractivity contribution in [1.82, 2.24) is 4.90 Å². The van der Waals surface area contributed by atoms with Crippen LogP contribution in [0.3, 0.4) is 0 Å². The molecule has 1 fully saturated rings. The van der Waals surface area contributed by atoms with Gasteiger partial charge < -0.3 is 19.5 Å². The molecule has 6 heteroatoms. The highest BCUT2D eigenvalue weighted by molar-refractivity contribution is 5.97. The smallest absolute Gasteiger partial charge is 0.326 e. The van der Waals surface area contributed by atoms with Gasteiger partial charge in [0.2, 0.25) is 0 Å². The standard InChI is InChI=1S/C16H21NO5/c1-21-9-4-10-22-13-6-2-5-12(11-13)15(18)17-8-3-7-14(17)16(19)20/h2,5-6,11,14H,3-4,7-10H2,1H3,(H,19,20)/t14-/m1/s1. The quantitative estimate of drug-likeness (QED) is 0.777. The molecule has 120 valence electrons. The number of aliphatic carboxylic acids is 1. The van der Waals surface area contributed by atoms with E-state index >= 15 is 0 Å². The number of rotatable bonds is 7. The van der Waals surface area contributed by atoms with Crippen molar-refractivity contribution in [3.63, 3.8) is 0 Å². The molecule has 22 heavy (non-hydrogen) atoms. The first kappa shape index (κ1) is 16.3. The molecule has 1 heterocycles. The first-order valence-corrected chi connectivity index (χ1v) is 7.39. The Labute approximate surface area is 129 Å². The third-order valence-corrected chi connectivity index (χ3v) is 3.64. The minimum absolute atomic E-state index is 0.257. The van der Waals surface area contributed by atoms with Crippen molar-refractivity contribution in [2.75, 3.05) is 26.9 Å². The first-order chi connectivity index (χ1) is 10.6. The van der Waals surface area contributed by atoms with E-state index in [0.717, 1.165) is 12.8 Å². The fourth-order valence-corrected chi connectivity index (χ4v) is 2.54. The number of carbonyl (C=O) groups excluding carboxylic acids is 1. The van der Waals surface area contributed by atoms with Crippen LogP contribution in [0.4, 0.5) is 0 Å². The van der Waals surface area contributed by atoms with Crippen LogP contribution < -0.4 is 4.74 Å². The van der Waals surface area contributed by atoms with Crippen LogP contribution in [-0.4, -0.2) is 54.8 Å². The molecule has 0 unspecified atom stereocenters. The van der Waals surface area contributed by atoms with Gasteiger partial charge in [-0.2, -0.15) is 0 Å². The lowest BCUT2D eigenvalue weighted by Gasteiger charge is -2.21. The number of hydrogen-bond donors (Lipinski definition) is 1. The molecule has 0 bridgehead atoms.